The average Bonchev–Trinajstić information content (AvgIpc) is 3.31. The number of halogens is 2. The molecule has 4 rings (SSSR count). The standard InChI is InChI=1S/C20H16F2N2O3S2/c1-11-3-6-16(29-11)13-9-28-18-17(13)19(25)24(10-23-18)8-12-4-5-14(27-20(21)22)15(7-12)26-2/h3-7,9-10,20H,8H2,1-2H3. The highest BCUT2D eigenvalue weighted by molar-refractivity contribution is 7.19. The third kappa shape index (κ3) is 3.88. The van der Waals surface area contributed by atoms with Gasteiger partial charge in [-0.3, -0.25) is 9.36 Å². The lowest BCUT2D eigenvalue weighted by atomic mass is 10.2. The van der Waals surface area contributed by atoms with Crippen LogP contribution in [0.15, 0.2) is 46.8 Å². The number of hydrogen-bond acceptors (Lipinski definition) is 6. The first-order valence-corrected chi connectivity index (χ1v) is 10.3. The summed E-state index contributed by atoms with van der Waals surface area (Å²) in [6, 6.07) is 8.62. The van der Waals surface area contributed by atoms with Crippen molar-refractivity contribution < 1.29 is 18.3 Å². The number of ether oxygens (including phenoxy) is 2. The van der Waals surface area contributed by atoms with Crippen molar-refractivity contribution in [3.8, 4) is 21.9 Å². The van der Waals surface area contributed by atoms with Crippen LogP contribution in [0.25, 0.3) is 20.7 Å². The molecule has 3 heterocycles. The van der Waals surface area contributed by atoms with E-state index in [9.17, 15) is 13.6 Å². The van der Waals surface area contributed by atoms with Crippen molar-refractivity contribution in [3.05, 3.63) is 62.8 Å². The number of nitrogens with zero attached hydrogens (tertiary/aromatic N) is 2. The van der Waals surface area contributed by atoms with Crippen LogP contribution in [0.3, 0.4) is 0 Å². The zero-order valence-corrected chi connectivity index (χ0v) is 17.2. The summed E-state index contributed by atoms with van der Waals surface area (Å²) in [4.78, 5) is 20.4. The molecule has 150 valence electrons. The van der Waals surface area contributed by atoms with Gasteiger partial charge in [-0.25, -0.2) is 4.98 Å². The van der Waals surface area contributed by atoms with Crippen LogP contribution in [0.5, 0.6) is 11.5 Å². The summed E-state index contributed by atoms with van der Waals surface area (Å²) >= 11 is 3.06. The Kier molecular flexibility index (Phi) is 5.33. The number of thiophene rings is 2. The highest BCUT2D eigenvalue weighted by Gasteiger charge is 2.16. The second-order valence-corrected chi connectivity index (χ2v) is 8.43. The second-order valence-electron chi connectivity index (χ2n) is 6.28. The molecular formula is C20H16F2N2O3S2. The molecule has 9 heteroatoms. The fraction of sp³-hybridized carbons (Fsp3) is 0.200. The molecule has 3 aromatic heterocycles. The Labute approximate surface area is 172 Å². The fourth-order valence-corrected chi connectivity index (χ4v) is 4.90. The van der Waals surface area contributed by atoms with Crippen LogP contribution in [0, 0.1) is 6.92 Å². The molecule has 0 saturated carbocycles. The van der Waals surface area contributed by atoms with E-state index in [0.29, 0.717) is 15.8 Å². The van der Waals surface area contributed by atoms with Crippen molar-refractivity contribution >= 4 is 32.9 Å². The fourth-order valence-electron chi connectivity index (χ4n) is 3.04. The van der Waals surface area contributed by atoms with Crippen molar-refractivity contribution in [2.75, 3.05) is 7.11 Å². The summed E-state index contributed by atoms with van der Waals surface area (Å²) in [5.41, 5.74) is 1.44. The van der Waals surface area contributed by atoms with E-state index in [-0.39, 0.29) is 23.6 Å². The van der Waals surface area contributed by atoms with Gasteiger partial charge >= 0.3 is 6.61 Å². The third-order valence-electron chi connectivity index (χ3n) is 4.36. The summed E-state index contributed by atoms with van der Waals surface area (Å²) in [7, 11) is 1.37. The van der Waals surface area contributed by atoms with Gasteiger partial charge in [-0.05, 0) is 36.8 Å². The van der Waals surface area contributed by atoms with Crippen LogP contribution in [-0.4, -0.2) is 23.3 Å². The van der Waals surface area contributed by atoms with Gasteiger partial charge in [0.25, 0.3) is 5.56 Å². The van der Waals surface area contributed by atoms with Crippen LogP contribution in [0.2, 0.25) is 0 Å². The van der Waals surface area contributed by atoms with E-state index < -0.39 is 6.61 Å². The van der Waals surface area contributed by atoms with Crippen molar-refractivity contribution in [1.82, 2.24) is 9.55 Å². The quantitative estimate of drug-likeness (QED) is 0.421. The molecule has 5 nitrogen and oxygen atoms in total. The van der Waals surface area contributed by atoms with Crippen molar-refractivity contribution in [3.63, 3.8) is 0 Å². The van der Waals surface area contributed by atoms with Gasteiger partial charge < -0.3 is 9.47 Å². The zero-order valence-electron chi connectivity index (χ0n) is 15.5. The first kappa shape index (κ1) is 19.5. The number of fused-ring (bicyclic) bond motifs is 1. The van der Waals surface area contributed by atoms with Gasteiger partial charge in [-0.2, -0.15) is 8.78 Å². The van der Waals surface area contributed by atoms with Gasteiger partial charge in [0, 0.05) is 20.7 Å². The average molecular weight is 434 g/mol. The summed E-state index contributed by atoms with van der Waals surface area (Å²) in [6.45, 7) is -0.693. The van der Waals surface area contributed by atoms with Gasteiger partial charge in [0.15, 0.2) is 11.5 Å². The molecule has 0 aliphatic heterocycles. The molecule has 0 spiro atoms. The molecule has 1 aromatic carbocycles. The maximum absolute atomic E-state index is 13.1. The van der Waals surface area contributed by atoms with Crippen molar-refractivity contribution in [1.29, 1.82) is 0 Å². The predicted molar refractivity (Wildman–Crippen MR) is 111 cm³/mol. The van der Waals surface area contributed by atoms with E-state index in [2.05, 4.69) is 9.72 Å². The molecule has 0 amide bonds. The Morgan fingerprint density at radius 3 is 2.72 bits per heavy atom. The van der Waals surface area contributed by atoms with Crippen LogP contribution in [-0.2, 0) is 6.54 Å². The summed E-state index contributed by atoms with van der Waals surface area (Å²) < 4.78 is 36.1. The highest BCUT2D eigenvalue weighted by Crippen LogP contribution is 2.35. The number of rotatable bonds is 6. The lowest BCUT2D eigenvalue weighted by Crippen LogP contribution is -2.21. The summed E-state index contributed by atoms with van der Waals surface area (Å²) in [6.07, 6.45) is 1.50. The lowest BCUT2D eigenvalue weighted by molar-refractivity contribution is -0.0512. The van der Waals surface area contributed by atoms with Crippen LogP contribution in [0.1, 0.15) is 10.4 Å². The smallest absolute Gasteiger partial charge is 0.387 e. The Balaban J connectivity index is 1.72. The van der Waals surface area contributed by atoms with E-state index >= 15 is 0 Å². The van der Waals surface area contributed by atoms with Crippen molar-refractivity contribution in [2.45, 2.75) is 20.1 Å². The molecule has 4 aromatic rings. The van der Waals surface area contributed by atoms with Crippen LogP contribution >= 0.6 is 22.7 Å². The van der Waals surface area contributed by atoms with Gasteiger partial charge in [0.05, 0.1) is 25.4 Å². The van der Waals surface area contributed by atoms with E-state index in [1.54, 1.807) is 23.5 Å². The Morgan fingerprint density at radius 2 is 2.03 bits per heavy atom. The second kappa shape index (κ2) is 7.92. The van der Waals surface area contributed by atoms with Gasteiger partial charge in [-0.1, -0.05) is 6.07 Å². The van der Waals surface area contributed by atoms with Crippen molar-refractivity contribution in [2.24, 2.45) is 0 Å². The third-order valence-corrected chi connectivity index (χ3v) is 6.28. The molecule has 0 N–H and O–H groups in total. The lowest BCUT2D eigenvalue weighted by Gasteiger charge is -2.12. The first-order valence-electron chi connectivity index (χ1n) is 8.61. The predicted octanol–water partition coefficient (Wildman–Crippen LogP) is 5.15. The highest BCUT2D eigenvalue weighted by atomic mass is 32.1. The molecule has 0 radical (unpaired) electrons. The minimum Gasteiger partial charge on any atom is -0.493 e. The number of aromatic nitrogens is 2. The molecular weight excluding hydrogens is 418 g/mol. The van der Waals surface area contributed by atoms with Crippen LogP contribution in [0.4, 0.5) is 8.78 Å². The monoisotopic (exact) mass is 434 g/mol. The summed E-state index contributed by atoms with van der Waals surface area (Å²) in [5.74, 6) is 0.121. The maximum atomic E-state index is 13.1. The Hall–Kier alpha value is -2.78. The molecule has 0 bridgehead atoms. The minimum absolute atomic E-state index is 0.0552. The maximum Gasteiger partial charge on any atom is 0.387 e. The minimum atomic E-state index is -2.94. The van der Waals surface area contributed by atoms with Gasteiger partial charge in [0.2, 0.25) is 0 Å². The number of alkyl halides is 2. The number of methoxy groups -OCH3 is 1. The summed E-state index contributed by atoms with van der Waals surface area (Å²) in [5, 5.41) is 2.54. The Bertz CT molecular complexity index is 1230. The number of hydrogen-bond donors (Lipinski definition) is 0. The molecule has 0 saturated heterocycles. The molecule has 0 aliphatic carbocycles. The number of benzene rings is 1. The van der Waals surface area contributed by atoms with E-state index in [1.165, 1.54) is 40.3 Å². The Morgan fingerprint density at radius 1 is 1.21 bits per heavy atom. The van der Waals surface area contributed by atoms with E-state index in [4.69, 9.17) is 4.74 Å². The van der Waals surface area contributed by atoms with Crippen LogP contribution < -0.4 is 15.0 Å². The SMILES string of the molecule is COc1cc(Cn2cnc3scc(-c4ccc(C)s4)c3c2=O)ccc1OC(F)F. The van der Waals surface area contributed by atoms with E-state index in [0.717, 1.165) is 10.4 Å². The number of aryl methyl sites for hydroxylation is 1. The van der Waals surface area contributed by atoms with Gasteiger partial charge in [-0.15, -0.1) is 22.7 Å². The molecule has 0 unspecified atom stereocenters. The molecule has 0 aliphatic rings. The van der Waals surface area contributed by atoms with E-state index in [1.807, 2.05) is 24.4 Å². The molecule has 0 fully saturated rings. The first-order chi connectivity index (χ1) is 14.0. The zero-order chi connectivity index (χ0) is 20.5. The largest absolute Gasteiger partial charge is 0.493 e. The molecule has 29 heavy (non-hydrogen) atoms. The molecule has 0 atom stereocenters. The van der Waals surface area contributed by atoms with Gasteiger partial charge in [0.1, 0.15) is 4.83 Å². The topological polar surface area (TPSA) is 53.4 Å². The normalized spacial score (nSPS) is 11.3.